The van der Waals surface area contributed by atoms with Crippen LogP contribution in [0.4, 0.5) is 0 Å². The van der Waals surface area contributed by atoms with Gasteiger partial charge < -0.3 is 0 Å². The SMILES string of the molecule is B#S(=S)OCC. The Morgan fingerprint density at radius 3 is 2.50 bits per heavy atom. The third kappa shape index (κ3) is 4.46. The van der Waals surface area contributed by atoms with Gasteiger partial charge in [0.25, 0.3) is 0 Å². The van der Waals surface area contributed by atoms with Crippen molar-refractivity contribution in [1.82, 2.24) is 0 Å². The van der Waals surface area contributed by atoms with Gasteiger partial charge in [-0.05, 0) is 0 Å². The summed E-state index contributed by atoms with van der Waals surface area (Å²) in [6.45, 7) is 7.50. The van der Waals surface area contributed by atoms with Crippen LogP contribution in [0.15, 0.2) is 0 Å². The molecule has 34 valence electrons. The van der Waals surface area contributed by atoms with E-state index in [1.807, 2.05) is 6.92 Å². The Morgan fingerprint density at radius 2 is 2.50 bits per heavy atom. The first-order valence-electron chi connectivity index (χ1n) is 1.56. The van der Waals surface area contributed by atoms with E-state index in [0.717, 1.165) is 0 Å². The van der Waals surface area contributed by atoms with Crippen LogP contribution < -0.4 is 0 Å². The first-order valence-corrected chi connectivity index (χ1v) is 3.70. The predicted octanol–water partition coefficient (Wildman–Crippen LogP) is 0.102. The molecule has 0 unspecified atom stereocenters. The molecular formula is C2H5BOS2. The fourth-order valence-electron chi connectivity index (χ4n) is 0.116. The van der Waals surface area contributed by atoms with Gasteiger partial charge in [0, 0.05) is 0 Å². The number of hydrogen-bond donors (Lipinski definition) is 0. The average Bonchev–Trinajstić information content (AvgIpc) is 1.35. The Kier molecular flexibility index (Phi) is 3.93. The van der Waals surface area contributed by atoms with Crippen molar-refractivity contribution >= 4 is 26.7 Å². The van der Waals surface area contributed by atoms with Crippen LogP contribution >= 0.6 is 0 Å². The van der Waals surface area contributed by atoms with Crippen LogP contribution in [0.5, 0.6) is 0 Å². The summed E-state index contributed by atoms with van der Waals surface area (Å²) in [5.74, 6) is 0. The van der Waals surface area contributed by atoms with Crippen molar-refractivity contribution in [2.45, 2.75) is 6.92 Å². The standard InChI is InChI=1S/C2H5BOS2/c1-2-4-6(3)5/h2H2,1H3. The molecule has 0 bridgehead atoms. The average molecular weight is 120 g/mol. The zero-order valence-corrected chi connectivity index (χ0v) is 5.14. The Morgan fingerprint density at radius 1 is 2.00 bits per heavy atom. The zero-order valence-electron chi connectivity index (χ0n) is 3.51. The molecule has 1 nitrogen and oxygen atoms in total. The summed E-state index contributed by atoms with van der Waals surface area (Å²) in [5.41, 5.74) is 0. The van der Waals surface area contributed by atoms with Gasteiger partial charge in [0.2, 0.25) is 0 Å². The molecule has 0 aliphatic rings. The van der Waals surface area contributed by atoms with E-state index in [9.17, 15) is 0 Å². The van der Waals surface area contributed by atoms with Gasteiger partial charge in [-0.15, -0.1) is 0 Å². The molecule has 0 atom stereocenters. The van der Waals surface area contributed by atoms with Crippen LogP contribution in [0.25, 0.3) is 0 Å². The summed E-state index contributed by atoms with van der Waals surface area (Å²) in [7, 11) is -0.732. The Balaban J connectivity index is 3.16. The molecule has 0 aromatic carbocycles. The molecular weight excluding hydrogens is 115 g/mol. The molecule has 0 aromatic heterocycles. The summed E-state index contributed by atoms with van der Waals surface area (Å²) in [4.78, 5) is 0. The minimum absolute atomic E-state index is 0.614. The van der Waals surface area contributed by atoms with E-state index in [2.05, 4.69) is 15.4 Å². The maximum absolute atomic E-state index is 5.02. The van der Waals surface area contributed by atoms with Crippen LogP contribution in [0, 0.1) is 0 Å². The molecule has 0 radical (unpaired) electrons. The summed E-state index contributed by atoms with van der Waals surface area (Å²) >= 11 is 4.46. The van der Waals surface area contributed by atoms with Crippen LogP contribution in [-0.4, -0.2) is 13.1 Å². The van der Waals surface area contributed by atoms with E-state index in [1.54, 1.807) is 0 Å². The molecule has 0 amide bonds. The topological polar surface area (TPSA) is 9.23 Å². The number of hydrogen-bond acceptors (Lipinski definition) is 2. The van der Waals surface area contributed by atoms with E-state index >= 15 is 0 Å². The summed E-state index contributed by atoms with van der Waals surface area (Å²) in [6.07, 6.45) is 0. The molecule has 0 aromatic rings. The van der Waals surface area contributed by atoms with Gasteiger partial charge >= 0.3 is 44.4 Å². The van der Waals surface area contributed by atoms with Crippen LogP contribution in [0.3, 0.4) is 0 Å². The Hall–Kier alpha value is 0.465. The van der Waals surface area contributed by atoms with E-state index in [1.165, 1.54) is 0 Å². The summed E-state index contributed by atoms with van der Waals surface area (Å²) in [6, 6.07) is 0. The molecule has 0 aliphatic heterocycles. The monoisotopic (exact) mass is 120 g/mol. The number of rotatable bonds is 1. The van der Waals surface area contributed by atoms with Gasteiger partial charge in [-0.3, -0.25) is 0 Å². The molecule has 0 spiro atoms. The van der Waals surface area contributed by atoms with Crippen LogP contribution in [0.2, 0.25) is 0 Å². The van der Waals surface area contributed by atoms with Gasteiger partial charge in [-0.2, -0.15) is 0 Å². The van der Waals surface area contributed by atoms with Crippen LogP contribution in [0.1, 0.15) is 6.92 Å². The normalized spacial score (nSPS) is 8.50. The third-order valence-electron chi connectivity index (χ3n) is 0.234. The second kappa shape index (κ2) is 3.65. The van der Waals surface area contributed by atoms with Gasteiger partial charge in [0.05, 0.1) is 0 Å². The van der Waals surface area contributed by atoms with Gasteiger partial charge in [-0.1, -0.05) is 0 Å². The van der Waals surface area contributed by atoms with E-state index in [-0.39, 0.29) is 0 Å². The quantitative estimate of drug-likeness (QED) is 0.454. The van der Waals surface area contributed by atoms with E-state index in [4.69, 9.17) is 6.53 Å². The predicted molar refractivity (Wildman–Crippen MR) is 32.1 cm³/mol. The molecule has 4 heteroatoms. The minimum atomic E-state index is -0.732. The molecule has 0 heterocycles. The van der Waals surface area contributed by atoms with Crippen LogP contribution in [-0.2, 0) is 24.3 Å². The maximum atomic E-state index is 5.02. The second-order valence-corrected chi connectivity index (χ2v) is 2.41. The van der Waals surface area contributed by atoms with Crippen molar-refractivity contribution in [3.05, 3.63) is 0 Å². The Bertz CT molecular complexity index is 123. The fourth-order valence-corrected chi connectivity index (χ4v) is 0.637. The first kappa shape index (κ1) is 6.46. The first-order chi connectivity index (χ1) is 2.77. The second-order valence-electron chi connectivity index (χ2n) is 0.667. The van der Waals surface area contributed by atoms with Crippen molar-refractivity contribution in [3.63, 3.8) is 0 Å². The summed E-state index contributed by atoms with van der Waals surface area (Å²) in [5, 5.41) is 0. The Labute approximate surface area is 45.0 Å². The van der Waals surface area contributed by atoms with Gasteiger partial charge in [0.1, 0.15) is 0 Å². The third-order valence-corrected chi connectivity index (χ3v) is 0.991. The van der Waals surface area contributed by atoms with Crippen molar-refractivity contribution in [3.8, 4) is 0 Å². The molecule has 0 N–H and O–H groups in total. The molecule has 6 heavy (non-hydrogen) atoms. The van der Waals surface area contributed by atoms with E-state index < -0.39 is 8.97 Å². The van der Waals surface area contributed by atoms with Crippen molar-refractivity contribution in [2.24, 2.45) is 0 Å². The summed E-state index contributed by atoms with van der Waals surface area (Å²) < 4.78 is 4.66. The van der Waals surface area contributed by atoms with Gasteiger partial charge in [0.15, 0.2) is 0 Å². The molecule has 0 saturated carbocycles. The fraction of sp³-hybridized carbons (Fsp3) is 1.00. The molecule has 0 fully saturated rings. The molecule has 0 aliphatic carbocycles. The van der Waals surface area contributed by atoms with Crippen molar-refractivity contribution < 1.29 is 4.18 Å². The van der Waals surface area contributed by atoms with Crippen molar-refractivity contribution in [2.75, 3.05) is 6.61 Å². The zero-order chi connectivity index (χ0) is 4.99. The van der Waals surface area contributed by atoms with E-state index in [0.29, 0.717) is 6.61 Å². The van der Waals surface area contributed by atoms with Crippen molar-refractivity contribution in [1.29, 1.82) is 0 Å². The molecule has 0 saturated heterocycles. The molecule has 0 rings (SSSR count). The van der Waals surface area contributed by atoms with Gasteiger partial charge in [-0.25, -0.2) is 0 Å².